The smallest absolute Gasteiger partial charge is 0.265 e. The lowest BCUT2D eigenvalue weighted by atomic mass is 9.98. The van der Waals surface area contributed by atoms with Crippen LogP contribution in [0.2, 0.25) is 0 Å². The molecule has 5 aromatic rings. The summed E-state index contributed by atoms with van der Waals surface area (Å²) in [5.74, 6) is -0.487. The summed E-state index contributed by atoms with van der Waals surface area (Å²) >= 11 is 1.37. The molecule has 39 heavy (non-hydrogen) atoms. The predicted octanol–water partition coefficient (Wildman–Crippen LogP) is 6.60. The fourth-order valence-electron chi connectivity index (χ4n) is 4.88. The van der Waals surface area contributed by atoms with E-state index in [0.717, 1.165) is 33.6 Å². The number of hydrogen-bond acceptors (Lipinski definition) is 6. The van der Waals surface area contributed by atoms with Gasteiger partial charge in [0, 0.05) is 35.5 Å². The van der Waals surface area contributed by atoms with Gasteiger partial charge in [0.2, 0.25) is 5.88 Å². The van der Waals surface area contributed by atoms with Crippen molar-refractivity contribution in [3.63, 3.8) is 0 Å². The Kier molecular flexibility index (Phi) is 7.39. The highest BCUT2D eigenvalue weighted by molar-refractivity contribution is 7.13. The van der Waals surface area contributed by atoms with Gasteiger partial charge in [-0.15, -0.1) is 11.3 Å². The SMILES string of the molecule is CCc1cccc(CC)c1-n1c(-c2nc(C)cs2)nc(O)c(Cc2ccc(-c3ccncc3C)c(F)c2)c1=O. The highest BCUT2D eigenvalue weighted by atomic mass is 32.1. The molecule has 0 spiro atoms. The van der Waals surface area contributed by atoms with E-state index in [1.165, 1.54) is 17.4 Å². The monoisotopic (exact) mass is 540 g/mol. The number of pyridine rings is 1. The summed E-state index contributed by atoms with van der Waals surface area (Å²) in [6, 6.07) is 12.6. The summed E-state index contributed by atoms with van der Waals surface area (Å²) in [7, 11) is 0. The maximum absolute atomic E-state index is 15.3. The van der Waals surface area contributed by atoms with E-state index < -0.39 is 11.4 Å². The van der Waals surface area contributed by atoms with Crippen LogP contribution in [0, 0.1) is 19.7 Å². The third-order valence-electron chi connectivity index (χ3n) is 6.88. The van der Waals surface area contributed by atoms with Gasteiger partial charge in [0.05, 0.1) is 11.3 Å². The number of benzene rings is 2. The van der Waals surface area contributed by atoms with E-state index in [1.807, 2.05) is 51.3 Å². The number of halogens is 1. The van der Waals surface area contributed by atoms with Crippen molar-refractivity contribution in [1.29, 1.82) is 0 Å². The van der Waals surface area contributed by atoms with Crippen LogP contribution in [0.5, 0.6) is 5.88 Å². The first-order valence-corrected chi connectivity index (χ1v) is 13.8. The second kappa shape index (κ2) is 10.9. The van der Waals surface area contributed by atoms with Crippen LogP contribution in [0.1, 0.15) is 47.4 Å². The summed E-state index contributed by atoms with van der Waals surface area (Å²) in [5, 5.41) is 13.4. The molecule has 3 heterocycles. The molecule has 0 radical (unpaired) electrons. The number of hydrogen-bond donors (Lipinski definition) is 1. The summed E-state index contributed by atoms with van der Waals surface area (Å²) in [6.07, 6.45) is 4.77. The molecule has 0 aliphatic heterocycles. The Morgan fingerprint density at radius 2 is 1.74 bits per heavy atom. The first-order chi connectivity index (χ1) is 18.8. The van der Waals surface area contributed by atoms with E-state index in [0.29, 0.717) is 34.8 Å². The fourth-order valence-corrected chi connectivity index (χ4v) is 5.65. The van der Waals surface area contributed by atoms with Gasteiger partial charge >= 0.3 is 0 Å². The topological polar surface area (TPSA) is 80.9 Å². The van der Waals surface area contributed by atoms with Gasteiger partial charge in [-0.3, -0.25) is 14.3 Å². The van der Waals surface area contributed by atoms with E-state index in [9.17, 15) is 9.90 Å². The van der Waals surface area contributed by atoms with Gasteiger partial charge in [-0.25, -0.2) is 9.37 Å². The molecule has 6 nitrogen and oxygen atoms in total. The molecule has 5 rings (SSSR count). The molecule has 0 aliphatic rings. The lowest BCUT2D eigenvalue weighted by Crippen LogP contribution is -2.27. The Morgan fingerprint density at radius 3 is 2.36 bits per heavy atom. The van der Waals surface area contributed by atoms with Crippen molar-refractivity contribution in [1.82, 2.24) is 19.5 Å². The van der Waals surface area contributed by atoms with Crippen LogP contribution in [-0.2, 0) is 19.3 Å². The second-order valence-corrected chi connectivity index (χ2v) is 10.3. The molecule has 0 saturated carbocycles. The highest BCUT2D eigenvalue weighted by Gasteiger charge is 2.24. The zero-order valence-corrected chi connectivity index (χ0v) is 23.1. The number of para-hydroxylation sites is 1. The largest absolute Gasteiger partial charge is 0.493 e. The molecule has 0 amide bonds. The minimum atomic E-state index is -0.408. The minimum absolute atomic E-state index is 0.0249. The van der Waals surface area contributed by atoms with E-state index in [1.54, 1.807) is 35.2 Å². The molecule has 198 valence electrons. The van der Waals surface area contributed by atoms with Crippen molar-refractivity contribution in [3.8, 4) is 33.5 Å². The third-order valence-corrected chi connectivity index (χ3v) is 7.83. The Morgan fingerprint density at radius 1 is 1.00 bits per heavy atom. The molecule has 0 unspecified atom stereocenters. The molecule has 0 bridgehead atoms. The number of aromatic hydroxyl groups is 1. The van der Waals surface area contributed by atoms with Crippen LogP contribution in [0.4, 0.5) is 4.39 Å². The molecule has 8 heteroatoms. The first kappa shape index (κ1) is 26.4. The molecule has 2 aromatic carbocycles. The molecule has 0 saturated heterocycles. The molecule has 0 aliphatic carbocycles. The van der Waals surface area contributed by atoms with Gasteiger partial charge < -0.3 is 5.11 Å². The van der Waals surface area contributed by atoms with Crippen molar-refractivity contribution in [2.75, 3.05) is 0 Å². The highest BCUT2D eigenvalue weighted by Crippen LogP contribution is 2.31. The van der Waals surface area contributed by atoms with Crippen LogP contribution >= 0.6 is 11.3 Å². The molecule has 3 aromatic heterocycles. The molecule has 0 fully saturated rings. The minimum Gasteiger partial charge on any atom is -0.493 e. The van der Waals surface area contributed by atoms with Crippen molar-refractivity contribution < 1.29 is 9.50 Å². The average Bonchev–Trinajstić information content (AvgIpc) is 3.37. The quantitative estimate of drug-likeness (QED) is 0.252. The summed E-state index contributed by atoms with van der Waals surface area (Å²) in [5.41, 5.74) is 5.90. The Balaban J connectivity index is 1.68. The molecular formula is C31H29FN4O2S. The van der Waals surface area contributed by atoms with Crippen LogP contribution in [0.25, 0.3) is 27.6 Å². The number of thiazole rings is 1. The van der Waals surface area contributed by atoms with E-state index in [4.69, 9.17) is 0 Å². The van der Waals surface area contributed by atoms with Gasteiger partial charge in [-0.05, 0) is 66.6 Å². The lowest BCUT2D eigenvalue weighted by molar-refractivity contribution is 0.443. The van der Waals surface area contributed by atoms with Gasteiger partial charge in [-0.2, -0.15) is 4.98 Å². The Hall–Kier alpha value is -4.17. The number of nitrogens with zero attached hydrogens (tertiary/aromatic N) is 4. The maximum atomic E-state index is 15.3. The number of rotatable bonds is 7. The lowest BCUT2D eigenvalue weighted by Gasteiger charge is -2.19. The molecular weight excluding hydrogens is 511 g/mol. The Labute approximate surface area is 230 Å². The van der Waals surface area contributed by atoms with Gasteiger partial charge in [0.15, 0.2) is 10.8 Å². The molecule has 0 atom stereocenters. The van der Waals surface area contributed by atoms with Crippen molar-refractivity contribution in [3.05, 3.63) is 110 Å². The van der Waals surface area contributed by atoms with Crippen molar-refractivity contribution in [2.24, 2.45) is 0 Å². The predicted molar refractivity (Wildman–Crippen MR) is 153 cm³/mol. The van der Waals surface area contributed by atoms with E-state index in [2.05, 4.69) is 15.0 Å². The average molecular weight is 541 g/mol. The van der Waals surface area contributed by atoms with E-state index >= 15 is 4.39 Å². The van der Waals surface area contributed by atoms with Crippen molar-refractivity contribution >= 4 is 11.3 Å². The summed E-state index contributed by atoms with van der Waals surface area (Å²) < 4.78 is 16.8. The first-order valence-electron chi connectivity index (χ1n) is 12.9. The standard InChI is InChI=1S/C31H29FN4O2S/c1-5-21-8-7-9-22(6-2)27(21)36-28(30-34-19(4)17-39-30)35-29(37)25(31(36)38)14-20-10-11-24(26(32)15-20)23-12-13-33-16-18(23)3/h7-13,15-17,37H,5-6,14H2,1-4H3. The van der Waals surface area contributed by atoms with Crippen molar-refractivity contribution in [2.45, 2.75) is 47.0 Å². The van der Waals surface area contributed by atoms with Crippen LogP contribution in [0.3, 0.4) is 0 Å². The Bertz CT molecular complexity index is 1720. The summed E-state index contributed by atoms with van der Waals surface area (Å²) in [4.78, 5) is 27.3. The molecule has 1 N–H and O–H groups in total. The summed E-state index contributed by atoms with van der Waals surface area (Å²) in [6.45, 7) is 7.84. The van der Waals surface area contributed by atoms with E-state index in [-0.39, 0.29) is 17.9 Å². The number of aryl methyl sites for hydroxylation is 4. The third kappa shape index (κ3) is 5.00. The van der Waals surface area contributed by atoms with Gasteiger partial charge in [0.1, 0.15) is 5.82 Å². The fraction of sp³-hybridized carbons (Fsp3) is 0.226. The van der Waals surface area contributed by atoms with Crippen LogP contribution < -0.4 is 5.56 Å². The van der Waals surface area contributed by atoms with Crippen LogP contribution in [0.15, 0.2) is 65.0 Å². The normalized spacial score (nSPS) is 11.2. The van der Waals surface area contributed by atoms with Gasteiger partial charge in [0.25, 0.3) is 5.56 Å². The zero-order valence-electron chi connectivity index (χ0n) is 22.3. The number of aromatic nitrogens is 4. The van der Waals surface area contributed by atoms with Crippen LogP contribution in [-0.4, -0.2) is 24.6 Å². The second-order valence-electron chi connectivity index (χ2n) is 9.49. The zero-order chi connectivity index (χ0) is 27.7. The van der Waals surface area contributed by atoms with Gasteiger partial charge in [-0.1, -0.05) is 44.2 Å². The maximum Gasteiger partial charge on any atom is 0.265 e.